The summed E-state index contributed by atoms with van der Waals surface area (Å²) >= 11 is 0. The molecule has 0 bridgehead atoms. The largest absolute Gasteiger partial charge is 0.542 e. The minimum atomic E-state index is -5.19. The third-order valence-electron chi connectivity index (χ3n) is 5.28. The number of hydrogen-bond acceptors (Lipinski definition) is 8. The molecule has 1 aliphatic rings. The monoisotopic (exact) mass is 516 g/mol. The van der Waals surface area contributed by atoms with Gasteiger partial charge in [0.05, 0.1) is 36.0 Å². The van der Waals surface area contributed by atoms with Crippen LogP contribution in [0.1, 0.15) is 29.6 Å². The van der Waals surface area contributed by atoms with Crippen LogP contribution in [-0.2, 0) is 20.2 Å². The van der Waals surface area contributed by atoms with Gasteiger partial charge in [-0.05, 0) is 24.3 Å². The van der Waals surface area contributed by atoms with Crippen molar-refractivity contribution in [3.05, 3.63) is 36.0 Å². The van der Waals surface area contributed by atoms with Crippen LogP contribution in [0.2, 0.25) is 0 Å². The molecule has 1 aromatic carbocycles. The van der Waals surface area contributed by atoms with Crippen molar-refractivity contribution in [2.24, 2.45) is 5.73 Å². The number of carboxylic acids is 1. The van der Waals surface area contributed by atoms with Crippen LogP contribution >= 0.6 is 0 Å². The molecule has 3 rings (SSSR count). The van der Waals surface area contributed by atoms with E-state index in [0.29, 0.717) is 12.1 Å². The van der Waals surface area contributed by atoms with E-state index >= 15 is 0 Å². The summed E-state index contributed by atoms with van der Waals surface area (Å²) in [7, 11) is -3.29. The molecule has 1 aliphatic heterocycles. The average molecular weight is 517 g/mol. The lowest BCUT2D eigenvalue weighted by Gasteiger charge is -2.34. The number of carbonyl (C=O) groups excluding carboxylic acids is 2. The number of carbonyl (C=O) groups is 2. The fourth-order valence-electron chi connectivity index (χ4n) is 3.46. The maximum absolute atomic E-state index is 11.9. The Hall–Kier alpha value is -3.64. The number of benzene rings is 1. The maximum atomic E-state index is 11.9. The molecule has 1 aromatic heterocycles. The van der Waals surface area contributed by atoms with Gasteiger partial charge in [-0.1, -0.05) is 0 Å². The average Bonchev–Trinajstić information content (AvgIpc) is 3.19. The Morgan fingerprint density at radius 2 is 1.83 bits per heavy atom. The van der Waals surface area contributed by atoms with Gasteiger partial charge in [-0.25, -0.2) is 8.42 Å². The molecular weight excluding hydrogens is 493 g/mol. The topological polar surface area (TPSA) is 188 Å². The smallest absolute Gasteiger partial charge is 0.430 e. The number of carboxylic acid groups (broad SMARTS) is 1. The summed E-state index contributed by atoms with van der Waals surface area (Å²) in [6, 6.07) is 8.39. The van der Waals surface area contributed by atoms with Crippen LogP contribution in [0.5, 0.6) is 0 Å². The van der Waals surface area contributed by atoms with Crippen LogP contribution in [0.3, 0.4) is 0 Å². The molecule has 0 unspecified atom stereocenters. The zero-order chi connectivity index (χ0) is 26.4. The molecule has 15 heteroatoms. The standard InChI is InChI=1S/C18H22N6O3S.C2HF3O2/c1-28(26,27)14-4-2-13(3-5-14)22-17-15(16(20)25)12-24(23-17)18(6-9-19)7-10-21-11-8-18;3-2(4,5)1(6)7/h2-5,12,21H,6-8,10-11H2,1H3,(H2,20,25)(H,22,23);(H,6,7). The van der Waals surface area contributed by atoms with Crippen molar-refractivity contribution in [2.75, 3.05) is 24.7 Å². The van der Waals surface area contributed by atoms with E-state index in [2.05, 4.69) is 21.8 Å². The van der Waals surface area contributed by atoms with E-state index in [4.69, 9.17) is 15.6 Å². The van der Waals surface area contributed by atoms with Crippen LogP contribution < -0.4 is 21.5 Å². The minimum absolute atomic E-state index is 0.199. The number of hydrogen-bond donors (Lipinski definition) is 3. The Bertz CT molecular complexity index is 1210. The van der Waals surface area contributed by atoms with Gasteiger partial charge in [-0.3, -0.25) is 9.48 Å². The molecule has 35 heavy (non-hydrogen) atoms. The van der Waals surface area contributed by atoms with Gasteiger partial charge in [0.25, 0.3) is 5.91 Å². The Balaban J connectivity index is 0.000000540. The second kappa shape index (κ2) is 10.7. The molecule has 0 radical (unpaired) electrons. The highest BCUT2D eigenvalue weighted by atomic mass is 32.2. The number of amides is 1. The number of piperidine rings is 1. The molecule has 11 nitrogen and oxygen atoms in total. The lowest BCUT2D eigenvalue weighted by molar-refractivity contribution is -0.667. The van der Waals surface area contributed by atoms with Gasteiger partial charge in [-0.15, -0.1) is 0 Å². The van der Waals surface area contributed by atoms with Gasteiger partial charge < -0.3 is 26.3 Å². The van der Waals surface area contributed by atoms with Crippen molar-refractivity contribution < 1.29 is 41.6 Å². The van der Waals surface area contributed by atoms with Crippen LogP contribution in [0.15, 0.2) is 35.4 Å². The highest BCUT2D eigenvalue weighted by Gasteiger charge is 2.37. The summed E-state index contributed by atoms with van der Waals surface area (Å²) in [6.45, 7) is 1.76. The number of aromatic nitrogens is 2. The predicted molar refractivity (Wildman–Crippen MR) is 114 cm³/mol. The van der Waals surface area contributed by atoms with Crippen molar-refractivity contribution in [3.63, 3.8) is 0 Å². The van der Waals surface area contributed by atoms with Crippen molar-refractivity contribution in [2.45, 2.75) is 35.9 Å². The molecule has 0 atom stereocenters. The summed E-state index contributed by atoms with van der Waals surface area (Å²) in [5, 5.41) is 27.8. The van der Waals surface area contributed by atoms with Crippen molar-refractivity contribution in [1.29, 1.82) is 5.26 Å². The van der Waals surface area contributed by atoms with Crippen LogP contribution in [0.4, 0.5) is 24.7 Å². The van der Waals surface area contributed by atoms with Crippen LogP contribution in [0, 0.1) is 11.3 Å². The molecular formula is C20H23F3N6O5S. The van der Waals surface area contributed by atoms with E-state index in [-0.39, 0.29) is 16.3 Å². The lowest BCUT2D eigenvalue weighted by atomic mass is 9.86. The lowest BCUT2D eigenvalue weighted by Crippen LogP contribution is -2.87. The van der Waals surface area contributed by atoms with Crippen molar-refractivity contribution in [1.82, 2.24) is 9.78 Å². The number of nitriles is 1. The van der Waals surface area contributed by atoms with Crippen molar-refractivity contribution in [3.8, 4) is 6.07 Å². The quantitative estimate of drug-likeness (QED) is 0.453. The zero-order valence-corrected chi connectivity index (χ0v) is 19.3. The summed E-state index contributed by atoms with van der Waals surface area (Å²) < 4.78 is 56.4. The number of nitrogens with one attached hydrogen (secondary N) is 1. The molecule has 1 saturated heterocycles. The summed E-state index contributed by atoms with van der Waals surface area (Å²) in [6.07, 6.45) is -0.633. The van der Waals surface area contributed by atoms with Crippen LogP contribution in [-0.4, -0.2) is 55.6 Å². The molecule has 0 aliphatic carbocycles. The third-order valence-corrected chi connectivity index (χ3v) is 6.41. The summed E-state index contributed by atoms with van der Waals surface area (Å²) in [4.78, 5) is 20.9. The number of nitrogens with two attached hydrogens (primary N) is 2. The molecule has 2 heterocycles. The Kier molecular flexibility index (Phi) is 8.47. The SMILES string of the molecule is CS(=O)(=O)c1ccc(Nc2nn(C3(CC#N)CC[NH2+]CC3)cc2C(N)=O)cc1.O=C([O-])C(F)(F)F. The number of anilines is 2. The predicted octanol–water partition coefficient (Wildman–Crippen LogP) is -0.606. The minimum Gasteiger partial charge on any atom is -0.542 e. The normalized spacial score (nSPS) is 15.3. The highest BCUT2D eigenvalue weighted by molar-refractivity contribution is 7.90. The highest BCUT2D eigenvalue weighted by Crippen LogP contribution is 2.32. The van der Waals surface area contributed by atoms with Gasteiger partial charge >= 0.3 is 6.18 Å². The first-order valence-electron chi connectivity index (χ1n) is 10.1. The van der Waals surface area contributed by atoms with Gasteiger partial charge in [0.15, 0.2) is 15.7 Å². The second-order valence-corrected chi connectivity index (χ2v) is 9.85. The molecule has 0 spiro atoms. The van der Waals surface area contributed by atoms with Gasteiger partial charge in [0.2, 0.25) is 0 Å². The Morgan fingerprint density at radius 3 is 2.26 bits per heavy atom. The molecule has 2 aromatic rings. The van der Waals surface area contributed by atoms with E-state index in [1.54, 1.807) is 23.0 Å². The van der Waals surface area contributed by atoms with E-state index in [1.807, 2.05) is 0 Å². The van der Waals surface area contributed by atoms with Gasteiger partial charge in [0, 0.05) is 31.0 Å². The first-order valence-corrected chi connectivity index (χ1v) is 12.0. The van der Waals surface area contributed by atoms with Gasteiger partial charge in [-0.2, -0.15) is 23.5 Å². The fraction of sp³-hybridized carbons (Fsp3) is 0.400. The molecule has 1 fully saturated rings. The number of rotatable bonds is 6. The number of halogens is 3. The third kappa shape index (κ3) is 7.17. The fourth-order valence-corrected chi connectivity index (χ4v) is 4.09. The number of sulfone groups is 1. The molecule has 0 saturated carbocycles. The first kappa shape index (κ1) is 27.6. The van der Waals surface area contributed by atoms with Crippen LogP contribution in [0.25, 0.3) is 0 Å². The van der Waals surface area contributed by atoms with E-state index in [1.165, 1.54) is 12.1 Å². The van der Waals surface area contributed by atoms with Gasteiger partial charge in [0.1, 0.15) is 11.5 Å². The molecule has 190 valence electrons. The number of quaternary nitrogens is 1. The Labute approximate surface area is 198 Å². The number of primary amides is 1. The number of nitrogens with zero attached hydrogens (tertiary/aromatic N) is 3. The zero-order valence-electron chi connectivity index (χ0n) is 18.5. The first-order chi connectivity index (χ1) is 16.2. The second-order valence-electron chi connectivity index (χ2n) is 7.83. The number of aliphatic carboxylic acids is 1. The molecule has 5 N–H and O–H groups in total. The van der Waals surface area contributed by atoms with E-state index in [0.717, 1.165) is 32.2 Å². The van der Waals surface area contributed by atoms with Crippen molar-refractivity contribution >= 4 is 33.2 Å². The number of alkyl halides is 3. The summed E-state index contributed by atoms with van der Waals surface area (Å²) in [5.74, 6) is -3.35. The Morgan fingerprint density at radius 1 is 1.29 bits per heavy atom. The van der Waals surface area contributed by atoms with E-state index < -0.39 is 33.4 Å². The molecule has 1 amide bonds. The van der Waals surface area contributed by atoms with E-state index in [9.17, 15) is 31.6 Å². The maximum Gasteiger partial charge on any atom is 0.430 e. The summed E-state index contributed by atoms with van der Waals surface area (Å²) in [5.41, 5.74) is 5.86.